The largest absolute Gasteiger partial charge is 0.326 e. The number of carbonyl (C=O) groups excluding carboxylic acids is 2. The molecule has 7 heteroatoms. The number of hydrogen-bond acceptors (Lipinski definition) is 5. The first-order valence-electron chi connectivity index (χ1n) is 8.75. The lowest BCUT2D eigenvalue weighted by Crippen LogP contribution is -2.27. The van der Waals surface area contributed by atoms with E-state index in [-0.39, 0.29) is 11.8 Å². The smallest absolute Gasteiger partial charge is 0.258 e. The van der Waals surface area contributed by atoms with E-state index in [1.165, 1.54) is 6.92 Å². The van der Waals surface area contributed by atoms with E-state index in [0.29, 0.717) is 17.2 Å². The van der Waals surface area contributed by atoms with Gasteiger partial charge in [0, 0.05) is 36.6 Å². The van der Waals surface area contributed by atoms with E-state index in [9.17, 15) is 9.59 Å². The number of aromatic nitrogens is 2. The van der Waals surface area contributed by atoms with Crippen LogP contribution in [0.2, 0.25) is 0 Å². The van der Waals surface area contributed by atoms with Crippen LogP contribution in [0, 0.1) is 6.92 Å². The number of benzene rings is 1. The van der Waals surface area contributed by atoms with Crippen LogP contribution in [0.15, 0.2) is 30.6 Å². The number of rotatable bonds is 4. The monoisotopic (exact) mass is 353 g/mol. The lowest BCUT2D eigenvalue weighted by molar-refractivity contribution is -0.114. The zero-order valence-corrected chi connectivity index (χ0v) is 15.0. The van der Waals surface area contributed by atoms with Crippen molar-refractivity contribution in [3.8, 4) is 0 Å². The van der Waals surface area contributed by atoms with Crippen molar-refractivity contribution in [2.24, 2.45) is 0 Å². The normalized spacial score (nSPS) is 14.7. The van der Waals surface area contributed by atoms with E-state index < -0.39 is 0 Å². The fourth-order valence-corrected chi connectivity index (χ4v) is 3.02. The zero-order valence-electron chi connectivity index (χ0n) is 15.0. The molecule has 0 unspecified atom stereocenters. The first-order valence-corrected chi connectivity index (χ1v) is 8.75. The molecule has 3 rings (SSSR count). The Labute approximate surface area is 152 Å². The Balaban J connectivity index is 1.66. The van der Waals surface area contributed by atoms with Crippen LogP contribution in [0.4, 0.5) is 11.4 Å². The Morgan fingerprint density at radius 2 is 1.81 bits per heavy atom. The molecule has 2 amide bonds. The van der Waals surface area contributed by atoms with E-state index >= 15 is 0 Å². The van der Waals surface area contributed by atoms with Crippen molar-refractivity contribution in [3.05, 3.63) is 47.5 Å². The van der Waals surface area contributed by atoms with Crippen LogP contribution >= 0.6 is 0 Å². The summed E-state index contributed by atoms with van der Waals surface area (Å²) in [6.07, 6.45) is 5.20. The molecule has 0 spiro atoms. The van der Waals surface area contributed by atoms with E-state index in [0.717, 1.165) is 43.0 Å². The molecule has 1 aromatic heterocycles. The van der Waals surface area contributed by atoms with Gasteiger partial charge in [0.15, 0.2) is 0 Å². The summed E-state index contributed by atoms with van der Waals surface area (Å²) in [5.74, 6) is 0.778. The maximum Gasteiger partial charge on any atom is 0.258 e. The van der Waals surface area contributed by atoms with Gasteiger partial charge >= 0.3 is 0 Å². The third-order valence-corrected chi connectivity index (χ3v) is 4.43. The molecule has 26 heavy (non-hydrogen) atoms. The van der Waals surface area contributed by atoms with Gasteiger partial charge in [-0.3, -0.25) is 9.59 Å². The minimum atomic E-state index is -0.256. The highest BCUT2D eigenvalue weighted by atomic mass is 16.2. The molecule has 1 saturated heterocycles. The van der Waals surface area contributed by atoms with Crippen molar-refractivity contribution < 1.29 is 9.59 Å². The predicted molar refractivity (Wildman–Crippen MR) is 100 cm³/mol. The van der Waals surface area contributed by atoms with Crippen molar-refractivity contribution in [1.29, 1.82) is 0 Å². The van der Waals surface area contributed by atoms with Crippen molar-refractivity contribution in [3.63, 3.8) is 0 Å². The summed E-state index contributed by atoms with van der Waals surface area (Å²) in [5, 5.41) is 8.90. The average Bonchev–Trinajstić information content (AvgIpc) is 2.64. The molecule has 1 aromatic carbocycles. The van der Waals surface area contributed by atoms with Crippen molar-refractivity contribution in [2.45, 2.75) is 32.6 Å². The zero-order chi connectivity index (χ0) is 18.5. The van der Waals surface area contributed by atoms with Gasteiger partial charge in [-0.05, 0) is 56.6 Å². The van der Waals surface area contributed by atoms with Gasteiger partial charge in [-0.1, -0.05) is 0 Å². The third-order valence-electron chi connectivity index (χ3n) is 4.43. The summed E-state index contributed by atoms with van der Waals surface area (Å²) in [6.45, 7) is 5.29. The van der Waals surface area contributed by atoms with Crippen molar-refractivity contribution in [1.82, 2.24) is 15.3 Å². The number of carbonyl (C=O) groups is 2. The molecule has 1 fully saturated rings. The minimum absolute atomic E-state index is 0.129. The van der Waals surface area contributed by atoms with Crippen LogP contribution in [-0.2, 0) is 4.79 Å². The van der Waals surface area contributed by atoms with E-state index in [1.807, 2.05) is 13.0 Å². The van der Waals surface area contributed by atoms with Crippen LogP contribution in [0.3, 0.4) is 0 Å². The maximum absolute atomic E-state index is 12.4. The highest BCUT2D eigenvalue weighted by molar-refractivity contribution is 6.04. The van der Waals surface area contributed by atoms with Gasteiger partial charge in [-0.2, -0.15) is 0 Å². The molecule has 2 heterocycles. The highest BCUT2D eigenvalue weighted by Gasteiger charge is 2.18. The summed E-state index contributed by atoms with van der Waals surface area (Å²) in [6, 6.07) is 5.33. The fraction of sp³-hybridized carbons (Fsp3) is 0.368. The SMILES string of the molecule is CC(=O)Nc1ccc(NC(=O)c2cnc(C3CCNCC3)nc2)cc1C. The highest BCUT2D eigenvalue weighted by Crippen LogP contribution is 2.22. The second-order valence-electron chi connectivity index (χ2n) is 6.52. The number of piperidine rings is 1. The molecular formula is C19H23N5O2. The van der Waals surface area contributed by atoms with Gasteiger partial charge in [0.05, 0.1) is 5.56 Å². The second-order valence-corrected chi connectivity index (χ2v) is 6.52. The summed E-state index contributed by atoms with van der Waals surface area (Å²) in [4.78, 5) is 32.3. The minimum Gasteiger partial charge on any atom is -0.326 e. The van der Waals surface area contributed by atoms with E-state index in [4.69, 9.17) is 0 Å². The molecule has 0 atom stereocenters. The number of nitrogens with zero attached hydrogens (tertiary/aromatic N) is 2. The number of hydrogen-bond donors (Lipinski definition) is 3. The molecule has 0 radical (unpaired) electrons. The molecule has 136 valence electrons. The molecule has 2 aromatic rings. The Hall–Kier alpha value is -2.80. The Bertz CT molecular complexity index is 798. The van der Waals surface area contributed by atoms with Crippen LogP contribution in [0.5, 0.6) is 0 Å². The fourth-order valence-electron chi connectivity index (χ4n) is 3.02. The van der Waals surface area contributed by atoms with Crippen LogP contribution in [0.1, 0.15) is 47.4 Å². The molecule has 7 nitrogen and oxygen atoms in total. The van der Waals surface area contributed by atoms with Crippen LogP contribution in [0.25, 0.3) is 0 Å². The maximum atomic E-state index is 12.4. The van der Waals surface area contributed by atoms with Gasteiger partial charge in [0.25, 0.3) is 5.91 Å². The van der Waals surface area contributed by atoms with E-state index in [1.54, 1.807) is 24.5 Å². The number of anilines is 2. The standard InChI is InChI=1S/C19H23N5O2/c1-12-9-16(3-4-17(12)23-13(2)25)24-19(26)15-10-21-18(22-11-15)14-5-7-20-8-6-14/h3-4,9-11,14,20H,5-8H2,1-2H3,(H,23,25)(H,24,26). The van der Waals surface area contributed by atoms with Crippen LogP contribution in [-0.4, -0.2) is 34.9 Å². The Morgan fingerprint density at radius 3 is 2.42 bits per heavy atom. The van der Waals surface area contributed by atoms with Gasteiger partial charge < -0.3 is 16.0 Å². The van der Waals surface area contributed by atoms with Crippen molar-refractivity contribution >= 4 is 23.2 Å². The van der Waals surface area contributed by atoms with Gasteiger partial charge in [0.2, 0.25) is 5.91 Å². The quantitative estimate of drug-likeness (QED) is 0.785. The Morgan fingerprint density at radius 1 is 1.12 bits per heavy atom. The molecule has 1 aliphatic heterocycles. The first kappa shape index (κ1) is 18.0. The number of amides is 2. The number of aryl methyl sites for hydroxylation is 1. The molecular weight excluding hydrogens is 330 g/mol. The molecule has 0 aliphatic carbocycles. The van der Waals surface area contributed by atoms with Gasteiger partial charge in [0.1, 0.15) is 5.82 Å². The van der Waals surface area contributed by atoms with Crippen LogP contribution < -0.4 is 16.0 Å². The number of nitrogens with one attached hydrogen (secondary N) is 3. The van der Waals surface area contributed by atoms with E-state index in [2.05, 4.69) is 25.9 Å². The molecule has 1 aliphatic rings. The van der Waals surface area contributed by atoms with Gasteiger partial charge in [-0.15, -0.1) is 0 Å². The molecule has 3 N–H and O–H groups in total. The summed E-state index contributed by atoms with van der Waals surface area (Å²) < 4.78 is 0. The summed E-state index contributed by atoms with van der Waals surface area (Å²) in [5.41, 5.74) is 2.68. The topological polar surface area (TPSA) is 96.0 Å². The second kappa shape index (κ2) is 8.05. The van der Waals surface area contributed by atoms with Crippen molar-refractivity contribution in [2.75, 3.05) is 23.7 Å². The molecule has 0 bridgehead atoms. The summed E-state index contributed by atoms with van der Waals surface area (Å²) >= 11 is 0. The average molecular weight is 353 g/mol. The Kier molecular flexibility index (Phi) is 5.58. The predicted octanol–water partition coefficient (Wildman–Crippen LogP) is 2.46. The van der Waals surface area contributed by atoms with Gasteiger partial charge in [-0.25, -0.2) is 9.97 Å². The third kappa shape index (κ3) is 4.43. The summed E-state index contributed by atoms with van der Waals surface area (Å²) in [7, 11) is 0. The molecule has 0 saturated carbocycles. The lowest BCUT2D eigenvalue weighted by atomic mass is 9.97. The lowest BCUT2D eigenvalue weighted by Gasteiger charge is -2.21. The first-order chi connectivity index (χ1) is 12.5.